The lowest BCUT2D eigenvalue weighted by atomic mass is 10.1. The largest absolute Gasteiger partial charge is 0.493 e. The summed E-state index contributed by atoms with van der Waals surface area (Å²) in [7, 11) is -0.480. The molecule has 0 heterocycles. The summed E-state index contributed by atoms with van der Waals surface area (Å²) in [5.41, 5.74) is 1.40. The minimum absolute atomic E-state index is 0.119. The van der Waals surface area contributed by atoms with Gasteiger partial charge in [-0.25, -0.2) is 13.2 Å². The van der Waals surface area contributed by atoms with E-state index in [0.29, 0.717) is 47.5 Å². The first kappa shape index (κ1) is 24.9. The van der Waals surface area contributed by atoms with Crippen LogP contribution >= 0.6 is 0 Å². The zero-order chi connectivity index (χ0) is 23.7. The van der Waals surface area contributed by atoms with Crippen molar-refractivity contribution in [2.45, 2.75) is 20.4 Å². The van der Waals surface area contributed by atoms with Gasteiger partial charge < -0.3 is 29.6 Å². The van der Waals surface area contributed by atoms with Crippen molar-refractivity contribution >= 4 is 27.4 Å². The van der Waals surface area contributed by atoms with Crippen LogP contribution in [-0.4, -0.2) is 48.1 Å². The first-order valence-corrected chi connectivity index (χ1v) is 11.8. The molecule has 0 aromatic heterocycles. The molecule has 0 saturated heterocycles. The van der Waals surface area contributed by atoms with Crippen molar-refractivity contribution in [3.8, 4) is 23.0 Å². The molecule has 2 rings (SSSR count). The van der Waals surface area contributed by atoms with E-state index in [4.69, 9.17) is 18.9 Å². The van der Waals surface area contributed by atoms with Crippen molar-refractivity contribution in [3.63, 3.8) is 0 Å². The number of carbonyl (C=O) groups is 1. The lowest BCUT2D eigenvalue weighted by Gasteiger charge is -2.18. The second kappa shape index (κ2) is 11.3. The highest BCUT2D eigenvalue weighted by molar-refractivity contribution is 7.92. The summed E-state index contributed by atoms with van der Waals surface area (Å²) in [6.45, 7) is 4.40. The quantitative estimate of drug-likeness (QED) is 0.464. The van der Waals surface area contributed by atoms with Gasteiger partial charge in [0.15, 0.2) is 11.5 Å². The van der Waals surface area contributed by atoms with Crippen molar-refractivity contribution in [2.24, 2.45) is 0 Å². The molecule has 0 aliphatic rings. The highest BCUT2D eigenvalue weighted by Gasteiger charge is 2.16. The van der Waals surface area contributed by atoms with E-state index in [1.807, 2.05) is 0 Å². The van der Waals surface area contributed by atoms with Gasteiger partial charge in [0, 0.05) is 29.9 Å². The van der Waals surface area contributed by atoms with Gasteiger partial charge in [0.2, 0.25) is 10.0 Å². The van der Waals surface area contributed by atoms with E-state index in [-0.39, 0.29) is 12.2 Å². The fourth-order valence-electron chi connectivity index (χ4n) is 2.85. The number of hydrogen-bond acceptors (Lipinski definition) is 7. The third-order valence-electron chi connectivity index (χ3n) is 4.14. The molecular weight excluding hydrogens is 438 g/mol. The van der Waals surface area contributed by atoms with Gasteiger partial charge in [-0.1, -0.05) is 0 Å². The second-order valence-electron chi connectivity index (χ2n) is 6.57. The van der Waals surface area contributed by atoms with Crippen molar-refractivity contribution in [1.82, 2.24) is 5.32 Å². The molecule has 10 nitrogen and oxygen atoms in total. The topological polar surface area (TPSA) is 124 Å². The average molecular weight is 468 g/mol. The molecule has 0 aliphatic carbocycles. The number of anilines is 2. The number of amides is 2. The molecule has 0 radical (unpaired) electrons. The Balaban J connectivity index is 2.19. The fourth-order valence-corrected chi connectivity index (χ4v) is 3.41. The Hall–Kier alpha value is -3.34. The van der Waals surface area contributed by atoms with Crippen LogP contribution in [0.5, 0.6) is 23.0 Å². The second-order valence-corrected chi connectivity index (χ2v) is 8.32. The van der Waals surface area contributed by atoms with E-state index < -0.39 is 16.1 Å². The number of benzene rings is 2. The van der Waals surface area contributed by atoms with Crippen LogP contribution in [-0.2, 0) is 16.6 Å². The van der Waals surface area contributed by atoms with Crippen molar-refractivity contribution in [3.05, 3.63) is 35.9 Å². The number of sulfonamides is 1. The van der Waals surface area contributed by atoms with Crippen LogP contribution in [0.15, 0.2) is 30.3 Å². The molecule has 0 saturated carbocycles. The van der Waals surface area contributed by atoms with Crippen LogP contribution in [0.25, 0.3) is 0 Å². The van der Waals surface area contributed by atoms with Gasteiger partial charge in [-0.2, -0.15) is 0 Å². The molecule has 0 spiro atoms. The van der Waals surface area contributed by atoms with Crippen LogP contribution in [0.1, 0.15) is 19.4 Å². The van der Waals surface area contributed by atoms with Gasteiger partial charge in [0.1, 0.15) is 11.5 Å². The molecular formula is C21H29N3O7S. The Morgan fingerprint density at radius 1 is 0.906 bits per heavy atom. The van der Waals surface area contributed by atoms with E-state index in [1.54, 1.807) is 44.2 Å². The molecule has 11 heteroatoms. The summed E-state index contributed by atoms with van der Waals surface area (Å²) in [6, 6.07) is 7.74. The van der Waals surface area contributed by atoms with Crippen molar-refractivity contribution in [2.75, 3.05) is 43.7 Å². The van der Waals surface area contributed by atoms with E-state index in [2.05, 4.69) is 15.4 Å². The molecule has 0 fully saturated rings. The van der Waals surface area contributed by atoms with Gasteiger partial charge in [0.25, 0.3) is 0 Å². The smallest absolute Gasteiger partial charge is 0.319 e. The summed E-state index contributed by atoms with van der Waals surface area (Å²) < 4.78 is 47.4. The summed E-state index contributed by atoms with van der Waals surface area (Å²) in [5, 5.41) is 5.48. The van der Waals surface area contributed by atoms with Crippen LogP contribution in [0.2, 0.25) is 0 Å². The van der Waals surface area contributed by atoms with Gasteiger partial charge >= 0.3 is 6.03 Å². The van der Waals surface area contributed by atoms with Gasteiger partial charge in [0.05, 0.1) is 39.4 Å². The Bertz CT molecular complexity index is 1040. The van der Waals surface area contributed by atoms with Crippen LogP contribution in [0, 0.1) is 0 Å². The number of rotatable bonds is 11. The molecule has 176 valence electrons. The van der Waals surface area contributed by atoms with E-state index >= 15 is 0 Å². The standard InChI is InChI=1S/C21H29N3O7S/c1-6-30-18-12-16(24-32(5,26)27)19(31-7-2)10-14(18)13-22-21(25)23-15-8-9-17(28-3)20(11-15)29-4/h8-12,24H,6-7,13H2,1-5H3,(H2,22,23,25). The van der Waals surface area contributed by atoms with Gasteiger partial charge in [-0.15, -0.1) is 0 Å². The number of methoxy groups -OCH3 is 2. The Labute approximate surface area is 188 Å². The fraction of sp³-hybridized carbons (Fsp3) is 0.381. The lowest BCUT2D eigenvalue weighted by Crippen LogP contribution is -2.28. The minimum atomic E-state index is -3.52. The lowest BCUT2D eigenvalue weighted by molar-refractivity contribution is 0.251. The van der Waals surface area contributed by atoms with Crippen molar-refractivity contribution < 1.29 is 32.2 Å². The Kier molecular flexibility index (Phi) is 8.82. The summed E-state index contributed by atoms with van der Waals surface area (Å²) in [6.07, 6.45) is 1.05. The molecule has 0 unspecified atom stereocenters. The maximum Gasteiger partial charge on any atom is 0.319 e. The summed E-state index contributed by atoms with van der Waals surface area (Å²) in [4.78, 5) is 12.4. The van der Waals surface area contributed by atoms with Crippen LogP contribution in [0.4, 0.5) is 16.2 Å². The average Bonchev–Trinajstić information content (AvgIpc) is 2.73. The zero-order valence-electron chi connectivity index (χ0n) is 18.8. The maximum atomic E-state index is 12.4. The summed E-state index contributed by atoms with van der Waals surface area (Å²) >= 11 is 0. The zero-order valence-corrected chi connectivity index (χ0v) is 19.6. The molecule has 2 amide bonds. The van der Waals surface area contributed by atoms with Crippen molar-refractivity contribution in [1.29, 1.82) is 0 Å². The number of ether oxygens (including phenoxy) is 4. The van der Waals surface area contributed by atoms with E-state index in [1.165, 1.54) is 14.2 Å². The first-order chi connectivity index (χ1) is 15.2. The van der Waals surface area contributed by atoms with E-state index in [0.717, 1.165) is 6.26 Å². The monoisotopic (exact) mass is 467 g/mol. The molecule has 2 aromatic carbocycles. The normalized spacial score (nSPS) is 10.8. The Morgan fingerprint density at radius 2 is 1.56 bits per heavy atom. The highest BCUT2D eigenvalue weighted by atomic mass is 32.2. The SMILES string of the molecule is CCOc1cc(NS(C)(=O)=O)c(OCC)cc1CNC(=O)Nc1ccc(OC)c(OC)c1. The predicted octanol–water partition coefficient (Wildman–Crippen LogP) is 3.19. The molecule has 0 aliphatic heterocycles. The third kappa shape index (κ3) is 7.12. The highest BCUT2D eigenvalue weighted by Crippen LogP contribution is 2.34. The van der Waals surface area contributed by atoms with Crippen LogP contribution < -0.4 is 34.3 Å². The molecule has 3 N–H and O–H groups in total. The minimum Gasteiger partial charge on any atom is -0.493 e. The number of carbonyl (C=O) groups excluding carboxylic acids is 1. The number of nitrogens with one attached hydrogen (secondary N) is 3. The third-order valence-corrected chi connectivity index (χ3v) is 4.73. The van der Waals surface area contributed by atoms with Crippen LogP contribution in [0.3, 0.4) is 0 Å². The molecule has 0 bridgehead atoms. The van der Waals surface area contributed by atoms with E-state index in [9.17, 15) is 13.2 Å². The maximum absolute atomic E-state index is 12.4. The molecule has 0 atom stereocenters. The summed E-state index contributed by atoms with van der Waals surface area (Å²) in [5.74, 6) is 1.79. The number of urea groups is 1. The molecule has 2 aromatic rings. The van der Waals surface area contributed by atoms with Gasteiger partial charge in [-0.3, -0.25) is 4.72 Å². The Morgan fingerprint density at radius 3 is 2.16 bits per heavy atom. The predicted molar refractivity (Wildman–Crippen MR) is 123 cm³/mol. The first-order valence-electron chi connectivity index (χ1n) is 9.87. The molecule has 32 heavy (non-hydrogen) atoms. The number of hydrogen-bond donors (Lipinski definition) is 3. The van der Waals surface area contributed by atoms with Gasteiger partial charge in [-0.05, 0) is 32.0 Å².